The molecule has 0 aliphatic heterocycles. The van der Waals surface area contributed by atoms with Crippen molar-refractivity contribution in [3.8, 4) is 5.75 Å². The molecule has 2 rings (SSSR count). The maximum absolute atomic E-state index is 13.6. The van der Waals surface area contributed by atoms with Gasteiger partial charge in [-0.2, -0.15) is 0 Å². The zero-order valence-electron chi connectivity index (χ0n) is 14.1. The SMILES string of the molecule is COc1ccc(C=CC(=O)N(C)C(C)c2ccc(F)c(F)c2)cc1F. The monoisotopic (exact) mass is 349 g/mol. The molecule has 1 unspecified atom stereocenters. The van der Waals surface area contributed by atoms with E-state index in [9.17, 15) is 18.0 Å². The number of hydrogen-bond donors (Lipinski definition) is 0. The first-order chi connectivity index (χ1) is 11.8. The Balaban J connectivity index is 2.10. The van der Waals surface area contributed by atoms with E-state index in [0.29, 0.717) is 11.1 Å². The van der Waals surface area contributed by atoms with Crippen molar-refractivity contribution < 1.29 is 22.7 Å². The van der Waals surface area contributed by atoms with Gasteiger partial charge in [-0.15, -0.1) is 0 Å². The summed E-state index contributed by atoms with van der Waals surface area (Å²) >= 11 is 0. The van der Waals surface area contributed by atoms with Crippen molar-refractivity contribution in [3.05, 3.63) is 71.1 Å². The third kappa shape index (κ3) is 4.41. The van der Waals surface area contributed by atoms with E-state index < -0.39 is 23.5 Å². The zero-order chi connectivity index (χ0) is 18.6. The Labute approximate surface area is 144 Å². The molecule has 0 aromatic heterocycles. The van der Waals surface area contributed by atoms with Gasteiger partial charge in [0.15, 0.2) is 23.2 Å². The molecule has 6 heteroatoms. The molecule has 0 aliphatic carbocycles. The van der Waals surface area contributed by atoms with Gasteiger partial charge >= 0.3 is 0 Å². The maximum Gasteiger partial charge on any atom is 0.246 e. The minimum absolute atomic E-state index is 0.118. The Morgan fingerprint density at radius 2 is 1.80 bits per heavy atom. The molecule has 1 amide bonds. The number of carbonyl (C=O) groups is 1. The highest BCUT2D eigenvalue weighted by Crippen LogP contribution is 2.22. The number of rotatable bonds is 5. The summed E-state index contributed by atoms with van der Waals surface area (Å²) < 4.78 is 44.8. The quantitative estimate of drug-likeness (QED) is 0.752. The molecule has 132 valence electrons. The summed E-state index contributed by atoms with van der Waals surface area (Å²) in [5.41, 5.74) is 0.971. The predicted octanol–water partition coefficient (Wildman–Crippen LogP) is 4.35. The van der Waals surface area contributed by atoms with Crippen LogP contribution >= 0.6 is 0 Å². The second-order valence-electron chi connectivity index (χ2n) is 5.53. The van der Waals surface area contributed by atoms with Gasteiger partial charge in [-0.1, -0.05) is 12.1 Å². The normalized spacial score (nSPS) is 12.2. The summed E-state index contributed by atoms with van der Waals surface area (Å²) in [4.78, 5) is 13.6. The van der Waals surface area contributed by atoms with Crippen molar-refractivity contribution >= 4 is 12.0 Å². The van der Waals surface area contributed by atoms with E-state index in [2.05, 4.69) is 0 Å². The second kappa shape index (κ2) is 7.88. The minimum atomic E-state index is -0.963. The summed E-state index contributed by atoms with van der Waals surface area (Å²) in [6, 6.07) is 7.38. The lowest BCUT2D eigenvalue weighted by Gasteiger charge is -2.24. The smallest absolute Gasteiger partial charge is 0.246 e. The van der Waals surface area contributed by atoms with Crippen LogP contribution in [0.4, 0.5) is 13.2 Å². The van der Waals surface area contributed by atoms with Crippen LogP contribution in [0.2, 0.25) is 0 Å². The molecule has 3 nitrogen and oxygen atoms in total. The Bertz CT molecular complexity index is 805. The Hall–Kier alpha value is -2.76. The van der Waals surface area contributed by atoms with Gasteiger partial charge in [-0.25, -0.2) is 13.2 Å². The Morgan fingerprint density at radius 3 is 2.40 bits per heavy atom. The third-order valence-corrected chi connectivity index (χ3v) is 3.95. The molecular weight excluding hydrogens is 331 g/mol. The van der Waals surface area contributed by atoms with Crippen LogP contribution in [0.25, 0.3) is 6.08 Å². The number of nitrogens with zero attached hydrogens (tertiary/aromatic N) is 1. The van der Waals surface area contributed by atoms with Crippen LogP contribution < -0.4 is 4.74 Å². The van der Waals surface area contributed by atoms with E-state index in [0.717, 1.165) is 12.1 Å². The molecule has 0 heterocycles. The van der Waals surface area contributed by atoms with Gasteiger partial charge in [0.25, 0.3) is 0 Å². The van der Waals surface area contributed by atoms with Gasteiger partial charge in [0.1, 0.15) is 0 Å². The standard InChI is InChI=1S/C19H18F3NO2/c1-12(14-6-7-15(20)16(21)11-14)23(2)19(24)9-5-13-4-8-18(25-3)17(22)10-13/h4-12H,1-3H3. The molecule has 2 aromatic rings. The molecule has 0 spiro atoms. The van der Waals surface area contributed by atoms with Gasteiger partial charge in [0.2, 0.25) is 5.91 Å². The van der Waals surface area contributed by atoms with E-state index in [1.54, 1.807) is 20.0 Å². The van der Waals surface area contributed by atoms with E-state index in [1.807, 2.05) is 0 Å². The van der Waals surface area contributed by atoms with E-state index >= 15 is 0 Å². The molecular formula is C19H18F3NO2. The summed E-state index contributed by atoms with van der Waals surface area (Å²) in [5, 5.41) is 0. The summed E-state index contributed by atoms with van der Waals surface area (Å²) in [6.45, 7) is 1.70. The van der Waals surface area contributed by atoms with E-state index in [4.69, 9.17) is 4.74 Å². The lowest BCUT2D eigenvalue weighted by atomic mass is 10.1. The minimum Gasteiger partial charge on any atom is -0.494 e. The lowest BCUT2D eigenvalue weighted by Crippen LogP contribution is -2.28. The highest BCUT2D eigenvalue weighted by molar-refractivity contribution is 5.91. The highest BCUT2D eigenvalue weighted by atomic mass is 19.2. The van der Waals surface area contributed by atoms with Gasteiger partial charge in [0, 0.05) is 13.1 Å². The van der Waals surface area contributed by atoms with E-state index in [1.165, 1.54) is 42.4 Å². The van der Waals surface area contributed by atoms with Crippen LogP contribution in [0.3, 0.4) is 0 Å². The second-order valence-corrected chi connectivity index (χ2v) is 5.53. The third-order valence-electron chi connectivity index (χ3n) is 3.95. The topological polar surface area (TPSA) is 29.5 Å². The van der Waals surface area contributed by atoms with Crippen molar-refractivity contribution in [1.29, 1.82) is 0 Å². The molecule has 0 radical (unpaired) electrons. The zero-order valence-corrected chi connectivity index (χ0v) is 14.1. The van der Waals surface area contributed by atoms with Crippen LogP contribution in [-0.4, -0.2) is 25.0 Å². The average molecular weight is 349 g/mol. The molecule has 2 aromatic carbocycles. The Kier molecular flexibility index (Phi) is 5.85. The highest BCUT2D eigenvalue weighted by Gasteiger charge is 2.17. The van der Waals surface area contributed by atoms with Gasteiger partial charge in [0.05, 0.1) is 13.2 Å². The lowest BCUT2D eigenvalue weighted by molar-refractivity contribution is -0.126. The van der Waals surface area contributed by atoms with Crippen molar-refractivity contribution in [1.82, 2.24) is 4.90 Å². The number of hydrogen-bond acceptors (Lipinski definition) is 2. The number of methoxy groups -OCH3 is 1. The van der Waals surface area contributed by atoms with Gasteiger partial charge < -0.3 is 9.64 Å². The predicted molar refractivity (Wildman–Crippen MR) is 89.5 cm³/mol. The van der Waals surface area contributed by atoms with Gasteiger partial charge in [-0.05, 0) is 48.4 Å². The number of ether oxygens (including phenoxy) is 1. The molecule has 1 atom stereocenters. The molecule has 0 bridgehead atoms. The average Bonchev–Trinajstić information content (AvgIpc) is 2.60. The summed E-state index contributed by atoms with van der Waals surface area (Å²) in [7, 11) is 2.92. The van der Waals surface area contributed by atoms with Crippen LogP contribution in [-0.2, 0) is 4.79 Å². The largest absolute Gasteiger partial charge is 0.494 e. The fourth-order valence-electron chi connectivity index (χ4n) is 2.26. The molecule has 0 saturated carbocycles. The fourth-order valence-corrected chi connectivity index (χ4v) is 2.26. The number of amides is 1. The van der Waals surface area contributed by atoms with Crippen molar-refractivity contribution in [3.63, 3.8) is 0 Å². The molecule has 0 aliphatic rings. The van der Waals surface area contributed by atoms with Crippen molar-refractivity contribution in [2.24, 2.45) is 0 Å². The van der Waals surface area contributed by atoms with Crippen LogP contribution in [0.5, 0.6) is 5.75 Å². The molecule has 0 fully saturated rings. The van der Waals surface area contributed by atoms with E-state index in [-0.39, 0.29) is 11.7 Å². The number of likely N-dealkylation sites (N-methyl/N-ethyl adjacent to an activating group) is 1. The first-order valence-corrected chi connectivity index (χ1v) is 7.57. The number of benzene rings is 2. The number of halogens is 3. The molecule has 25 heavy (non-hydrogen) atoms. The van der Waals surface area contributed by atoms with Crippen LogP contribution in [0, 0.1) is 17.5 Å². The fraction of sp³-hybridized carbons (Fsp3) is 0.211. The van der Waals surface area contributed by atoms with Gasteiger partial charge in [-0.3, -0.25) is 4.79 Å². The Morgan fingerprint density at radius 1 is 1.08 bits per heavy atom. The first-order valence-electron chi connectivity index (χ1n) is 7.57. The first kappa shape index (κ1) is 18.6. The van der Waals surface area contributed by atoms with Crippen LogP contribution in [0.1, 0.15) is 24.1 Å². The van der Waals surface area contributed by atoms with Crippen LogP contribution in [0.15, 0.2) is 42.5 Å². The number of carbonyl (C=O) groups excluding carboxylic acids is 1. The molecule has 0 saturated heterocycles. The van der Waals surface area contributed by atoms with Crippen molar-refractivity contribution in [2.75, 3.05) is 14.2 Å². The summed E-state index contributed by atoms with van der Waals surface area (Å²) in [5.74, 6) is -2.66. The summed E-state index contributed by atoms with van der Waals surface area (Å²) in [6.07, 6.45) is 2.76. The molecule has 0 N–H and O–H groups in total. The maximum atomic E-state index is 13.6. The van der Waals surface area contributed by atoms with Crippen molar-refractivity contribution in [2.45, 2.75) is 13.0 Å².